The largest absolute Gasteiger partial charge is 0.316 e. The van der Waals surface area contributed by atoms with Crippen molar-refractivity contribution < 1.29 is 12.6 Å². The molecule has 0 aliphatic carbocycles. The molecule has 2 N–H and O–H groups in total. The summed E-state index contributed by atoms with van der Waals surface area (Å²) in [5, 5.41) is 2.94. The van der Waals surface area contributed by atoms with Gasteiger partial charge in [-0.2, -0.15) is 0 Å². The summed E-state index contributed by atoms with van der Waals surface area (Å²) in [5.74, 6) is 1.02. The molecule has 0 aromatic heterocycles. The second kappa shape index (κ2) is 8.20. The summed E-state index contributed by atoms with van der Waals surface area (Å²) in [6.45, 7) is 5.20. The molecule has 0 rings (SSSR count). The molecule has 0 spiro atoms. The number of hydrogen-bond donors (Lipinski definition) is 2. The average molecular weight is 256 g/mol. The van der Waals surface area contributed by atoms with Gasteiger partial charge in [0.25, 0.3) is 0 Å². The van der Waals surface area contributed by atoms with Gasteiger partial charge in [-0.25, -0.2) is 13.1 Å². The number of nitrogens with one attached hydrogen (secondary N) is 2. The lowest BCUT2D eigenvalue weighted by atomic mass is 10.7. The number of rotatable bonds is 9. The maximum Gasteiger partial charge on any atom is 0.212 e. The van der Waals surface area contributed by atoms with Crippen molar-refractivity contribution in [3.8, 4) is 0 Å². The highest BCUT2D eigenvalue weighted by atomic mass is 32.2. The molecule has 0 fully saturated rings. The zero-order valence-electron chi connectivity index (χ0n) is 9.28. The maximum atomic E-state index is 11.3. The van der Waals surface area contributed by atoms with Gasteiger partial charge < -0.3 is 5.32 Å². The lowest BCUT2D eigenvalue weighted by Gasteiger charge is -2.06. The van der Waals surface area contributed by atoms with Gasteiger partial charge in [-0.05, 0) is 6.54 Å². The highest BCUT2D eigenvalue weighted by Crippen LogP contribution is 1.85. The molecule has 0 aliphatic rings. The van der Waals surface area contributed by atoms with Crippen LogP contribution in [-0.4, -0.2) is 49.5 Å². The van der Waals surface area contributed by atoms with Gasteiger partial charge in [-0.1, -0.05) is 13.8 Å². The third kappa shape index (κ3) is 8.98. The van der Waals surface area contributed by atoms with E-state index in [2.05, 4.69) is 10.0 Å². The van der Waals surface area contributed by atoms with E-state index in [1.807, 2.05) is 13.8 Å². The third-order valence-corrected chi connectivity index (χ3v) is 4.46. The third-order valence-electron chi connectivity index (χ3n) is 1.77. The molecule has 0 bridgehead atoms. The minimum absolute atomic E-state index is 0.0690. The van der Waals surface area contributed by atoms with Crippen LogP contribution in [0.3, 0.4) is 0 Å². The fraction of sp³-hybridized carbons (Fsp3) is 1.00. The normalized spacial score (nSPS) is 14.0. The zero-order chi connectivity index (χ0) is 11.7. The molecule has 15 heavy (non-hydrogen) atoms. The van der Waals surface area contributed by atoms with Crippen LogP contribution in [0.5, 0.6) is 0 Å². The first kappa shape index (κ1) is 15.0. The Bertz CT molecular complexity index is 278. The molecule has 0 heterocycles. The van der Waals surface area contributed by atoms with Crippen LogP contribution in [0.2, 0.25) is 0 Å². The van der Waals surface area contributed by atoms with Crippen molar-refractivity contribution in [2.75, 3.05) is 36.9 Å². The van der Waals surface area contributed by atoms with E-state index in [0.29, 0.717) is 18.1 Å². The second-order valence-electron chi connectivity index (χ2n) is 3.00. The van der Waals surface area contributed by atoms with Gasteiger partial charge in [-0.3, -0.25) is 4.21 Å². The highest BCUT2D eigenvalue weighted by molar-refractivity contribution is 7.89. The minimum atomic E-state index is -3.20. The molecule has 0 aliphatic heterocycles. The van der Waals surface area contributed by atoms with Crippen molar-refractivity contribution in [1.29, 1.82) is 0 Å². The van der Waals surface area contributed by atoms with Gasteiger partial charge in [0, 0.05) is 35.4 Å². The van der Waals surface area contributed by atoms with Crippen LogP contribution in [0.1, 0.15) is 13.8 Å². The molecule has 0 radical (unpaired) electrons. The standard InChI is InChI=1S/C8H20N2O3S2/c1-3-9-6-8-15(12,13)10-5-7-14(11)4-2/h9-10H,3-8H2,1-2H3. The smallest absolute Gasteiger partial charge is 0.212 e. The Morgan fingerprint density at radius 2 is 1.87 bits per heavy atom. The van der Waals surface area contributed by atoms with Crippen LogP contribution < -0.4 is 10.0 Å². The quantitative estimate of drug-likeness (QED) is 0.534. The summed E-state index contributed by atoms with van der Waals surface area (Å²) >= 11 is 0. The SMILES string of the molecule is CCNCCS(=O)(=O)NCCS(=O)CC. The number of sulfonamides is 1. The van der Waals surface area contributed by atoms with E-state index in [0.717, 1.165) is 6.54 Å². The summed E-state index contributed by atoms with van der Waals surface area (Å²) in [6.07, 6.45) is 0. The Labute approximate surface area is 94.5 Å². The molecule has 0 saturated heterocycles. The van der Waals surface area contributed by atoms with E-state index in [1.54, 1.807) is 0 Å². The molecule has 0 aromatic carbocycles. The summed E-state index contributed by atoms with van der Waals surface area (Å²) in [6, 6.07) is 0. The number of hydrogen-bond acceptors (Lipinski definition) is 4. The maximum absolute atomic E-state index is 11.3. The molecule has 92 valence electrons. The molecule has 5 nitrogen and oxygen atoms in total. The topological polar surface area (TPSA) is 75.3 Å². The van der Waals surface area contributed by atoms with Crippen LogP contribution >= 0.6 is 0 Å². The first-order chi connectivity index (χ1) is 7.02. The van der Waals surface area contributed by atoms with E-state index in [4.69, 9.17) is 0 Å². The summed E-state index contributed by atoms with van der Waals surface area (Å²) in [5.41, 5.74) is 0. The van der Waals surface area contributed by atoms with Crippen LogP contribution in [0.25, 0.3) is 0 Å². The first-order valence-electron chi connectivity index (χ1n) is 5.05. The first-order valence-corrected chi connectivity index (χ1v) is 8.19. The van der Waals surface area contributed by atoms with Gasteiger partial charge in [0.05, 0.1) is 5.75 Å². The predicted molar refractivity (Wildman–Crippen MR) is 63.9 cm³/mol. The fourth-order valence-electron chi connectivity index (χ4n) is 0.911. The molecule has 0 amide bonds. The van der Waals surface area contributed by atoms with E-state index in [-0.39, 0.29) is 12.3 Å². The average Bonchev–Trinajstić information content (AvgIpc) is 2.17. The summed E-state index contributed by atoms with van der Waals surface area (Å²) in [4.78, 5) is 0. The van der Waals surface area contributed by atoms with Crippen molar-refractivity contribution in [3.05, 3.63) is 0 Å². The molecule has 1 unspecified atom stereocenters. The van der Waals surface area contributed by atoms with Crippen molar-refractivity contribution in [2.45, 2.75) is 13.8 Å². The summed E-state index contributed by atoms with van der Waals surface area (Å²) < 4.78 is 36.1. The monoisotopic (exact) mass is 256 g/mol. The predicted octanol–water partition coefficient (Wildman–Crippen LogP) is -0.716. The van der Waals surface area contributed by atoms with Crippen LogP contribution in [0.4, 0.5) is 0 Å². The van der Waals surface area contributed by atoms with Crippen LogP contribution in [0.15, 0.2) is 0 Å². The molecule has 1 atom stereocenters. The van der Waals surface area contributed by atoms with Gasteiger partial charge in [0.1, 0.15) is 0 Å². The summed E-state index contributed by atoms with van der Waals surface area (Å²) in [7, 11) is -4.12. The molecular formula is C8H20N2O3S2. The Morgan fingerprint density at radius 1 is 1.20 bits per heavy atom. The van der Waals surface area contributed by atoms with Crippen molar-refractivity contribution in [3.63, 3.8) is 0 Å². The van der Waals surface area contributed by atoms with Crippen LogP contribution in [0, 0.1) is 0 Å². The van der Waals surface area contributed by atoms with Gasteiger partial charge >= 0.3 is 0 Å². The van der Waals surface area contributed by atoms with Gasteiger partial charge in [-0.15, -0.1) is 0 Å². The highest BCUT2D eigenvalue weighted by Gasteiger charge is 2.08. The molecule has 0 saturated carbocycles. The zero-order valence-corrected chi connectivity index (χ0v) is 10.9. The van der Waals surface area contributed by atoms with Gasteiger partial charge in [0.15, 0.2) is 0 Å². The van der Waals surface area contributed by atoms with Crippen molar-refractivity contribution >= 4 is 20.8 Å². The molecule has 0 aromatic rings. The van der Waals surface area contributed by atoms with E-state index in [1.165, 1.54) is 0 Å². The Hall–Kier alpha value is 0.0200. The lowest BCUT2D eigenvalue weighted by Crippen LogP contribution is -2.34. The lowest BCUT2D eigenvalue weighted by molar-refractivity contribution is 0.580. The van der Waals surface area contributed by atoms with E-state index in [9.17, 15) is 12.6 Å². The second-order valence-corrected chi connectivity index (χ2v) is 6.79. The minimum Gasteiger partial charge on any atom is -0.316 e. The van der Waals surface area contributed by atoms with Crippen LogP contribution in [-0.2, 0) is 20.8 Å². The molecular weight excluding hydrogens is 236 g/mol. The molecule has 7 heteroatoms. The fourth-order valence-corrected chi connectivity index (χ4v) is 2.63. The Morgan fingerprint density at radius 3 is 2.40 bits per heavy atom. The van der Waals surface area contributed by atoms with E-state index < -0.39 is 20.8 Å². The van der Waals surface area contributed by atoms with Crippen molar-refractivity contribution in [2.24, 2.45) is 0 Å². The van der Waals surface area contributed by atoms with Crippen molar-refractivity contribution in [1.82, 2.24) is 10.0 Å². The van der Waals surface area contributed by atoms with E-state index >= 15 is 0 Å². The van der Waals surface area contributed by atoms with Gasteiger partial charge in [0.2, 0.25) is 10.0 Å². The Kier molecular flexibility index (Phi) is 8.22. The Balaban J connectivity index is 3.70.